The van der Waals surface area contributed by atoms with Crippen molar-refractivity contribution in [3.8, 4) is 0 Å². The molecule has 2 aromatic carbocycles. The first-order chi connectivity index (χ1) is 16.6. The third-order valence-corrected chi connectivity index (χ3v) is 6.80. The molecule has 184 valence electrons. The van der Waals surface area contributed by atoms with Crippen molar-refractivity contribution in [3.05, 3.63) is 60.2 Å². The molecule has 0 fully saturated rings. The van der Waals surface area contributed by atoms with E-state index in [1.165, 1.54) is 22.2 Å². The quantitative estimate of drug-likeness (QED) is 0.0819. The van der Waals surface area contributed by atoms with Crippen LogP contribution in [0.25, 0.3) is 0 Å². The Morgan fingerprint density at radius 3 is 2.19 bits per heavy atom. The van der Waals surface area contributed by atoms with E-state index in [2.05, 4.69) is 19.6 Å². The Bertz CT molecular complexity index is 1340. The first-order valence-corrected chi connectivity index (χ1v) is 12.2. The Hall–Kier alpha value is 0.163. The third kappa shape index (κ3) is 7.67. The Kier molecular flexibility index (Phi) is 12.8. The number of carbonyl (C=O) groups excluding carboxylic acids is 1. The summed E-state index contributed by atoms with van der Waals surface area (Å²) >= 11 is 0.719. The van der Waals surface area contributed by atoms with E-state index in [0.717, 1.165) is 24.2 Å². The largest absolute Gasteiger partial charge is 1.00 e. The summed E-state index contributed by atoms with van der Waals surface area (Å²) in [6.45, 7) is 3.36. The Balaban J connectivity index is 0.00000241. The molecule has 2 aromatic rings. The number of carbonyl (C=O) groups is 1. The first-order valence-electron chi connectivity index (χ1n) is 10.0. The van der Waals surface area contributed by atoms with Gasteiger partial charge in [-0.05, 0) is 62.4 Å². The van der Waals surface area contributed by atoms with Gasteiger partial charge in [0.1, 0.15) is 10.1 Å². The van der Waals surface area contributed by atoms with Crippen molar-refractivity contribution in [3.63, 3.8) is 0 Å². The molecule has 12 nitrogen and oxygen atoms in total. The molecular formula is C21H18K2N4O8S2. The van der Waals surface area contributed by atoms with Crippen LogP contribution >= 0.6 is 12.0 Å². The van der Waals surface area contributed by atoms with Crippen molar-refractivity contribution < 1.29 is 140 Å². The molecule has 0 bridgehead atoms. The van der Waals surface area contributed by atoms with Crippen molar-refractivity contribution >= 4 is 50.9 Å². The molecule has 0 saturated heterocycles. The summed E-state index contributed by atoms with van der Waals surface area (Å²) in [5, 5.41) is 35.3. The van der Waals surface area contributed by atoms with Gasteiger partial charge in [-0.3, -0.25) is 9.83 Å². The van der Waals surface area contributed by atoms with Crippen molar-refractivity contribution in [2.75, 3.05) is 10.0 Å². The number of aliphatic hydroxyl groups excluding tert-OH is 1. The molecule has 0 radical (unpaired) electrons. The van der Waals surface area contributed by atoms with E-state index in [1.54, 1.807) is 44.2 Å². The summed E-state index contributed by atoms with van der Waals surface area (Å²) in [4.78, 5) is 13.3. The van der Waals surface area contributed by atoms with Gasteiger partial charge in [0.15, 0.2) is 6.23 Å². The van der Waals surface area contributed by atoms with Gasteiger partial charge in [-0.1, -0.05) is 6.08 Å². The number of nitrogens with zero attached hydrogens (tertiary/aromatic N) is 4. The predicted molar refractivity (Wildman–Crippen MR) is 123 cm³/mol. The molecule has 2 atom stereocenters. The minimum absolute atomic E-state index is 0. The van der Waals surface area contributed by atoms with Gasteiger partial charge in [0.05, 0.1) is 45.5 Å². The Labute approximate surface area is 302 Å². The van der Waals surface area contributed by atoms with Crippen LogP contribution < -0.4 is 118 Å². The average molecular weight is 597 g/mol. The van der Waals surface area contributed by atoms with E-state index < -0.39 is 33.1 Å². The van der Waals surface area contributed by atoms with Crippen molar-refractivity contribution in [2.45, 2.75) is 29.9 Å². The SMILES string of the molecule is CC1=NN(c2ccc(SOO[O-])cc2)C(=O)/C1=C/C1C(C)=NN(c2ccc(S(=O)(=O)[O-])cc2)C1O.[K+].[K+]. The number of hydrogen-bond donors (Lipinski definition) is 1. The second kappa shape index (κ2) is 14.2. The number of anilines is 2. The van der Waals surface area contributed by atoms with E-state index in [1.807, 2.05) is 0 Å². The predicted octanol–water partition coefficient (Wildman–Crippen LogP) is -4.69. The molecule has 1 N–H and O–H groups in total. The smallest absolute Gasteiger partial charge is 0.744 e. The van der Waals surface area contributed by atoms with Crippen LogP contribution in [-0.4, -0.2) is 41.6 Å². The summed E-state index contributed by atoms with van der Waals surface area (Å²) in [6.07, 6.45) is 0.413. The van der Waals surface area contributed by atoms with E-state index in [-0.39, 0.29) is 103 Å². The van der Waals surface area contributed by atoms with Gasteiger partial charge in [0.25, 0.3) is 5.91 Å². The molecule has 2 aliphatic heterocycles. The van der Waals surface area contributed by atoms with Crippen LogP contribution in [0.15, 0.2) is 80.2 Å². The van der Waals surface area contributed by atoms with Gasteiger partial charge in [0, 0.05) is 10.6 Å². The normalized spacial score (nSPS) is 20.5. The molecule has 1 amide bonds. The van der Waals surface area contributed by atoms with Crippen molar-refractivity contribution in [2.24, 2.45) is 16.1 Å². The van der Waals surface area contributed by atoms with Crippen molar-refractivity contribution in [1.29, 1.82) is 0 Å². The number of amides is 1. The molecule has 2 unspecified atom stereocenters. The average Bonchev–Trinajstić information content (AvgIpc) is 3.27. The fraction of sp³-hybridized carbons (Fsp3) is 0.190. The fourth-order valence-corrected chi connectivity index (χ4v) is 4.43. The van der Waals surface area contributed by atoms with Crippen LogP contribution in [0.5, 0.6) is 0 Å². The fourth-order valence-electron chi connectivity index (χ4n) is 3.61. The van der Waals surface area contributed by atoms with Crippen LogP contribution in [0.2, 0.25) is 0 Å². The van der Waals surface area contributed by atoms with Gasteiger partial charge in [-0.25, -0.2) is 13.4 Å². The van der Waals surface area contributed by atoms with Gasteiger partial charge < -0.3 is 14.9 Å². The number of benzene rings is 2. The van der Waals surface area contributed by atoms with Gasteiger partial charge in [-0.2, -0.15) is 19.5 Å². The van der Waals surface area contributed by atoms with E-state index in [9.17, 15) is 28.1 Å². The summed E-state index contributed by atoms with van der Waals surface area (Å²) in [5.74, 6) is -1.05. The minimum Gasteiger partial charge on any atom is -0.744 e. The zero-order valence-electron chi connectivity index (χ0n) is 20.3. The maximum Gasteiger partial charge on any atom is 1.00 e. The van der Waals surface area contributed by atoms with Crippen LogP contribution in [0.3, 0.4) is 0 Å². The van der Waals surface area contributed by atoms with Gasteiger partial charge >= 0.3 is 103 Å². The Morgan fingerprint density at radius 1 is 1.03 bits per heavy atom. The van der Waals surface area contributed by atoms with Gasteiger partial charge in [0.2, 0.25) is 0 Å². The molecule has 2 aliphatic rings. The third-order valence-electron chi connectivity index (χ3n) is 5.36. The molecule has 16 heteroatoms. The molecule has 4 rings (SSSR count). The minimum atomic E-state index is -4.60. The topological polar surface area (TPSA) is 167 Å². The molecule has 0 spiro atoms. The van der Waals surface area contributed by atoms with E-state index >= 15 is 0 Å². The Morgan fingerprint density at radius 2 is 1.62 bits per heavy atom. The van der Waals surface area contributed by atoms with Crippen LogP contribution in [-0.2, 0) is 24.3 Å². The molecule has 2 heterocycles. The summed E-state index contributed by atoms with van der Waals surface area (Å²) in [6, 6.07) is 11.5. The van der Waals surface area contributed by atoms with Crippen LogP contribution in [0.4, 0.5) is 11.4 Å². The zero-order valence-corrected chi connectivity index (χ0v) is 28.1. The maximum absolute atomic E-state index is 13.1. The zero-order chi connectivity index (χ0) is 25.3. The molecule has 37 heavy (non-hydrogen) atoms. The molecule has 0 aromatic heterocycles. The maximum atomic E-state index is 13.1. The van der Waals surface area contributed by atoms with E-state index in [0.29, 0.717) is 33.3 Å². The van der Waals surface area contributed by atoms with Crippen LogP contribution in [0.1, 0.15) is 13.8 Å². The van der Waals surface area contributed by atoms with Gasteiger partial charge in [-0.15, -0.1) is 0 Å². The number of hydrogen-bond acceptors (Lipinski definition) is 12. The van der Waals surface area contributed by atoms with E-state index in [4.69, 9.17) is 0 Å². The molecule has 0 saturated carbocycles. The molecule has 0 aliphatic carbocycles. The second-order valence-corrected chi connectivity index (χ2v) is 9.72. The number of hydrazone groups is 2. The van der Waals surface area contributed by atoms with Crippen molar-refractivity contribution in [1.82, 2.24) is 0 Å². The second-order valence-electron chi connectivity index (χ2n) is 7.57. The monoisotopic (exact) mass is 596 g/mol. The molecular weight excluding hydrogens is 579 g/mol. The summed E-state index contributed by atoms with van der Waals surface area (Å²) in [5.41, 5.74) is 2.11. The van der Waals surface area contributed by atoms with Crippen LogP contribution in [0, 0.1) is 5.92 Å². The standard InChI is InChI=1S/C21H20N4O8S2.2K/c1-12-18(20(26)24(22-12)14-3-7-16(8-4-14)34-33-32-28)11-19-13(2)23-25(21(19)27)15-5-9-17(10-6-15)35(29,30)31;;/h3-11,19,21,27-28H,1-2H3,(H,29,30,31);;/q;2*+1/p-2/b18-11+;;. The first kappa shape index (κ1) is 33.4. The number of aliphatic hydroxyl groups is 1. The summed E-state index contributed by atoms with van der Waals surface area (Å²) < 4.78 is 37.7. The number of rotatable bonds is 7. The summed E-state index contributed by atoms with van der Waals surface area (Å²) in [7, 11) is -4.60.